The standard InChI is InChI=1S/C20H22N2O2/c1-14-13-20(22(16(3)24)17-9-5-4-6-10-17)18-11-7-8-12-19(18)21(14)15(2)23/h4-12,14,20H,13H2,1-3H3/t14-,20-/m1/s1. The molecule has 0 fully saturated rings. The maximum absolute atomic E-state index is 12.4. The SMILES string of the molecule is CC(=O)N1c2ccccc2[C@H](N(C(C)=O)c2ccccc2)C[C@H]1C. The van der Waals surface area contributed by atoms with E-state index in [1.165, 1.54) is 0 Å². The fourth-order valence-electron chi connectivity index (χ4n) is 3.68. The summed E-state index contributed by atoms with van der Waals surface area (Å²) in [5.74, 6) is 0.0342. The van der Waals surface area contributed by atoms with Gasteiger partial charge in [0.1, 0.15) is 0 Å². The zero-order chi connectivity index (χ0) is 17.3. The average molecular weight is 322 g/mol. The summed E-state index contributed by atoms with van der Waals surface area (Å²) in [5, 5.41) is 0. The lowest BCUT2D eigenvalue weighted by atomic mass is 9.90. The summed E-state index contributed by atoms with van der Waals surface area (Å²) >= 11 is 0. The van der Waals surface area contributed by atoms with E-state index in [1.54, 1.807) is 13.8 Å². The van der Waals surface area contributed by atoms with Gasteiger partial charge in [0, 0.05) is 31.3 Å². The maximum Gasteiger partial charge on any atom is 0.224 e. The second-order valence-electron chi connectivity index (χ2n) is 6.27. The highest BCUT2D eigenvalue weighted by Gasteiger charge is 2.36. The fourth-order valence-corrected chi connectivity index (χ4v) is 3.68. The lowest BCUT2D eigenvalue weighted by Gasteiger charge is -2.43. The summed E-state index contributed by atoms with van der Waals surface area (Å²) in [4.78, 5) is 28.2. The first-order chi connectivity index (χ1) is 11.5. The minimum atomic E-state index is -0.0771. The molecule has 24 heavy (non-hydrogen) atoms. The molecular formula is C20H22N2O2. The van der Waals surface area contributed by atoms with Gasteiger partial charge in [-0.25, -0.2) is 0 Å². The third-order valence-corrected chi connectivity index (χ3v) is 4.58. The number of carbonyl (C=O) groups excluding carboxylic acids is 2. The second-order valence-corrected chi connectivity index (χ2v) is 6.27. The van der Waals surface area contributed by atoms with Crippen LogP contribution in [0.3, 0.4) is 0 Å². The van der Waals surface area contributed by atoms with Gasteiger partial charge in [-0.1, -0.05) is 36.4 Å². The van der Waals surface area contributed by atoms with Crippen molar-refractivity contribution in [1.82, 2.24) is 0 Å². The van der Waals surface area contributed by atoms with Gasteiger partial charge in [-0.3, -0.25) is 9.59 Å². The molecule has 0 aromatic heterocycles. The molecule has 0 spiro atoms. The van der Waals surface area contributed by atoms with E-state index < -0.39 is 0 Å². The third kappa shape index (κ3) is 2.80. The second kappa shape index (κ2) is 6.48. The van der Waals surface area contributed by atoms with Crippen molar-refractivity contribution in [2.75, 3.05) is 9.80 Å². The van der Waals surface area contributed by atoms with Gasteiger partial charge < -0.3 is 9.80 Å². The van der Waals surface area contributed by atoms with E-state index in [2.05, 4.69) is 0 Å². The van der Waals surface area contributed by atoms with Crippen molar-refractivity contribution < 1.29 is 9.59 Å². The zero-order valence-corrected chi connectivity index (χ0v) is 14.3. The number of anilines is 2. The Morgan fingerprint density at radius 3 is 2.25 bits per heavy atom. The van der Waals surface area contributed by atoms with E-state index >= 15 is 0 Å². The summed E-state index contributed by atoms with van der Waals surface area (Å²) in [6.45, 7) is 5.22. The van der Waals surface area contributed by atoms with Crippen molar-refractivity contribution in [2.45, 2.75) is 39.3 Å². The van der Waals surface area contributed by atoms with E-state index in [4.69, 9.17) is 0 Å². The summed E-state index contributed by atoms with van der Waals surface area (Å²) in [5.41, 5.74) is 2.80. The Bertz CT molecular complexity index is 757. The number of hydrogen-bond donors (Lipinski definition) is 0. The molecule has 0 saturated carbocycles. The molecule has 0 saturated heterocycles. The van der Waals surface area contributed by atoms with Gasteiger partial charge in [0.25, 0.3) is 0 Å². The molecule has 0 aliphatic carbocycles. The highest BCUT2D eigenvalue weighted by atomic mass is 16.2. The van der Waals surface area contributed by atoms with Gasteiger partial charge in [0.15, 0.2) is 0 Å². The number of nitrogens with zero attached hydrogens (tertiary/aromatic N) is 2. The normalized spacial score (nSPS) is 19.5. The predicted molar refractivity (Wildman–Crippen MR) is 96.0 cm³/mol. The maximum atomic E-state index is 12.4. The number of fused-ring (bicyclic) bond motifs is 1. The van der Waals surface area contributed by atoms with Crippen LogP contribution >= 0.6 is 0 Å². The minimum Gasteiger partial charge on any atom is -0.309 e. The van der Waals surface area contributed by atoms with Gasteiger partial charge in [-0.15, -0.1) is 0 Å². The Balaban J connectivity index is 2.12. The van der Waals surface area contributed by atoms with Crippen molar-refractivity contribution in [2.24, 2.45) is 0 Å². The molecule has 0 N–H and O–H groups in total. The van der Waals surface area contributed by atoms with E-state index in [0.717, 1.165) is 16.9 Å². The van der Waals surface area contributed by atoms with Gasteiger partial charge in [0.05, 0.1) is 6.04 Å². The van der Waals surface area contributed by atoms with Crippen LogP contribution in [0.5, 0.6) is 0 Å². The molecule has 2 atom stereocenters. The van der Waals surface area contributed by atoms with Crippen molar-refractivity contribution in [3.8, 4) is 0 Å². The Hall–Kier alpha value is -2.62. The highest BCUT2D eigenvalue weighted by molar-refractivity contribution is 5.96. The van der Waals surface area contributed by atoms with Crippen LogP contribution in [0.25, 0.3) is 0 Å². The van der Waals surface area contributed by atoms with Crippen LogP contribution in [0, 0.1) is 0 Å². The number of carbonyl (C=O) groups is 2. The molecule has 0 unspecified atom stereocenters. The Morgan fingerprint density at radius 1 is 1.00 bits per heavy atom. The summed E-state index contributed by atoms with van der Waals surface area (Å²) in [7, 11) is 0. The fraction of sp³-hybridized carbons (Fsp3) is 0.300. The lowest BCUT2D eigenvalue weighted by molar-refractivity contribution is -0.117. The van der Waals surface area contributed by atoms with Crippen LogP contribution in [0.2, 0.25) is 0 Å². The molecule has 124 valence electrons. The topological polar surface area (TPSA) is 40.6 Å². The molecule has 0 radical (unpaired) electrons. The molecular weight excluding hydrogens is 300 g/mol. The monoisotopic (exact) mass is 322 g/mol. The summed E-state index contributed by atoms with van der Waals surface area (Å²) in [6, 6.07) is 17.5. The number of benzene rings is 2. The molecule has 1 aliphatic rings. The first kappa shape index (κ1) is 16.2. The van der Waals surface area contributed by atoms with Crippen molar-refractivity contribution in [1.29, 1.82) is 0 Å². The first-order valence-corrected chi connectivity index (χ1v) is 8.24. The molecule has 1 heterocycles. The zero-order valence-electron chi connectivity index (χ0n) is 14.3. The number of rotatable bonds is 2. The molecule has 4 nitrogen and oxygen atoms in total. The number of amides is 2. The molecule has 4 heteroatoms. The van der Waals surface area contributed by atoms with E-state index in [0.29, 0.717) is 6.42 Å². The van der Waals surface area contributed by atoms with Crippen molar-refractivity contribution >= 4 is 23.2 Å². The van der Waals surface area contributed by atoms with Crippen LogP contribution in [-0.2, 0) is 9.59 Å². The Labute approximate surface area is 142 Å². The largest absolute Gasteiger partial charge is 0.309 e. The molecule has 1 aliphatic heterocycles. The van der Waals surface area contributed by atoms with Crippen LogP contribution in [0.1, 0.15) is 38.8 Å². The minimum absolute atomic E-state index is 0.00415. The molecule has 2 amide bonds. The van der Waals surface area contributed by atoms with Gasteiger partial charge in [-0.2, -0.15) is 0 Å². The molecule has 2 aromatic carbocycles. The Morgan fingerprint density at radius 2 is 1.62 bits per heavy atom. The molecule has 2 aromatic rings. The quantitative estimate of drug-likeness (QED) is 0.840. The van der Waals surface area contributed by atoms with Crippen molar-refractivity contribution in [3.63, 3.8) is 0 Å². The smallest absolute Gasteiger partial charge is 0.224 e. The van der Waals surface area contributed by atoms with Gasteiger partial charge in [0.2, 0.25) is 11.8 Å². The average Bonchev–Trinajstić information content (AvgIpc) is 2.55. The predicted octanol–water partition coefficient (Wildman–Crippen LogP) is 3.93. The first-order valence-electron chi connectivity index (χ1n) is 8.24. The third-order valence-electron chi connectivity index (χ3n) is 4.58. The molecule has 0 bridgehead atoms. The van der Waals surface area contributed by atoms with Gasteiger partial charge in [-0.05, 0) is 37.1 Å². The molecule has 3 rings (SSSR count). The van der Waals surface area contributed by atoms with Crippen molar-refractivity contribution in [3.05, 3.63) is 60.2 Å². The summed E-state index contributed by atoms with van der Waals surface area (Å²) < 4.78 is 0. The van der Waals surface area contributed by atoms with Crippen LogP contribution in [-0.4, -0.2) is 17.9 Å². The van der Waals surface area contributed by atoms with Crippen LogP contribution < -0.4 is 9.80 Å². The van der Waals surface area contributed by atoms with E-state index in [9.17, 15) is 9.59 Å². The van der Waals surface area contributed by atoms with E-state index in [1.807, 2.05) is 71.3 Å². The number of para-hydroxylation sites is 2. The van der Waals surface area contributed by atoms with Gasteiger partial charge >= 0.3 is 0 Å². The summed E-state index contributed by atoms with van der Waals surface area (Å²) in [6.07, 6.45) is 0.713. The lowest BCUT2D eigenvalue weighted by Crippen LogP contribution is -2.46. The number of hydrogen-bond acceptors (Lipinski definition) is 2. The van der Waals surface area contributed by atoms with Crippen LogP contribution in [0.15, 0.2) is 54.6 Å². The van der Waals surface area contributed by atoms with Crippen LogP contribution in [0.4, 0.5) is 11.4 Å². The Kier molecular flexibility index (Phi) is 4.38. The van der Waals surface area contributed by atoms with E-state index in [-0.39, 0.29) is 23.9 Å². The highest BCUT2D eigenvalue weighted by Crippen LogP contribution is 2.42.